The van der Waals surface area contributed by atoms with Gasteiger partial charge in [-0.1, -0.05) is 17.7 Å². The maximum absolute atomic E-state index is 14.1. The van der Waals surface area contributed by atoms with Crippen molar-refractivity contribution in [2.45, 2.75) is 6.42 Å². The lowest BCUT2D eigenvalue weighted by Crippen LogP contribution is -2.25. The van der Waals surface area contributed by atoms with Crippen LogP contribution < -0.4 is 10.4 Å². The quantitative estimate of drug-likeness (QED) is 0.759. The molecule has 1 heterocycles. The molecule has 0 aliphatic heterocycles. The second-order valence-electron chi connectivity index (χ2n) is 5.71. The van der Waals surface area contributed by atoms with Gasteiger partial charge in [-0.25, -0.2) is 8.78 Å². The Morgan fingerprint density at radius 1 is 1.23 bits per heavy atom. The number of anilines is 1. The molecular formula is C18H12ClF2N2O3-. The Kier molecular flexibility index (Phi) is 4.65. The summed E-state index contributed by atoms with van der Waals surface area (Å²) in [6.07, 6.45) is 0.812. The first kappa shape index (κ1) is 17.9. The molecule has 1 aromatic heterocycles. The molecule has 1 amide bonds. The predicted octanol–water partition coefficient (Wildman–Crippen LogP) is 2.65. The molecule has 0 atom stereocenters. The number of benzene rings is 2. The summed E-state index contributed by atoms with van der Waals surface area (Å²) in [6.45, 7) is 0. The maximum Gasteiger partial charge on any atom is 0.257 e. The van der Waals surface area contributed by atoms with Crippen molar-refractivity contribution < 1.29 is 23.5 Å². The van der Waals surface area contributed by atoms with Crippen LogP contribution in [-0.4, -0.2) is 16.4 Å². The zero-order valence-electron chi connectivity index (χ0n) is 13.5. The fraction of sp³-hybridized carbons (Fsp3) is 0.111. The average molecular weight is 378 g/mol. The lowest BCUT2D eigenvalue weighted by atomic mass is 10.1. The van der Waals surface area contributed by atoms with E-state index in [4.69, 9.17) is 11.6 Å². The number of amides is 1. The molecule has 0 unspecified atom stereocenters. The van der Waals surface area contributed by atoms with Crippen molar-refractivity contribution in [3.63, 3.8) is 0 Å². The number of aromatic nitrogens is 1. The molecule has 2 aromatic carbocycles. The summed E-state index contributed by atoms with van der Waals surface area (Å²) >= 11 is 6.00. The summed E-state index contributed by atoms with van der Waals surface area (Å²) in [5, 5.41) is 13.1. The van der Waals surface area contributed by atoms with E-state index >= 15 is 0 Å². The number of carboxylic acid groups (broad SMARTS) is 1. The van der Waals surface area contributed by atoms with Crippen molar-refractivity contribution in [1.29, 1.82) is 0 Å². The number of hydrogen-bond donors (Lipinski definition) is 1. The van der Waals surface area contributed by atoms with Crippen molar-refractivity contribution in [2.75, 3.05) is 5.32 Å². The summed E-state index contributed by atoms with van der Waals surface area (Å²) in [5.41, 5.74) is 0.376. The Labute approximate surface area is 151 Å². The number of nitrogens with one attached hydrogen (secondary N) is 1. The van der Waals surface area contributed by atoms with Gasteiger partial charge in [-0.15, -0.1) is 0 Å². The van der Waals surface area contributed by atoms with Gasteiger partial charge in [-0.05, 0) is 29.8 Å². The van der Waals surface area contributed by atoms with Crippen LogP contribution in [0.3, 0.4) is 0 Å². The topological polar surface area (TPSA) is 74.2 Å². The van der Waals surface area contributed by atoms with Crippen LogP contribution >= 0.6 is 11.6 Å². The SMILES string of the molecule is Cn1cc(C(=O)Nc2cc(F)c(CC(=O)[O-])cc2Cl)c2c(F)cccc21. The second-order valence-corrected chi connectivity index (χ2v) is 6.12. The third kappa shape index (κ3) is 3.25. The molecule has 0 saturated heterocycles. The van der Waals surface area contributed by atoms with E-state index in [0.29, 0.717) is 5.52 Å². The van der Waals surface area contributed by atoms with Crippen molar-refractivity contribution >= 4 is 40.1 Å². The zero-order valence-corrected chi connectivity index (χ0v) is 14.2. The highest BCUT2D eigenvalue weighted by Gasteiger charge is 2.19. The Morgan fingerprint density at radius 2 is 1.96 bits per heavy atom. The molecule has 3 aromatic rings. The molecule has 5 nitrogen and oxygen atoms in total. The zero-order chi connectivity index (χ0) is 19.0. The van der Waals surface area contributed by atoms with Crippen LogP contribution in [0.2, 0.25) is 5.02 Å². The highest BCUT2D eigenvalue weighted by Crippen LogP contribution is 2.28. The molecule has 0 saturated carbocycles. The predicted molar refractivity (Wildman–Crippen MR) is 91.0 cm³/mol. The van der Waals surface area contributed by atoms with E-state index in [-0.39, 0.29) is 27.2 Å². The molecule has 0 bridgehead atoms. The van der Waals surface area contributed by atoms with Crippen molar-refractivity contribution in [1.82, 2.24) is 4.57 Å². The van der Waals surface area contributed by atoms with E-state index in [0.717, 1.165) is 12.1 Å². The van der Waals surface area contributed by atoms with E-state index in [9.17, 15) is 23.5 Å². The van der Waals surface area contributed by atoms with Crippen molar-refractivity contribution in [3.8, 4) is 0 Å². The summed E-state index contributed by atoms with van der Waals surface area (Å²) in [7, 11) is 1.67. The van der Waals surface area contributed by atoms with Gasteiger partial charge in [-0.2, -0.15) is 0 Å². The summed E-state index contributed by atoms with van der Waals surface area (Å²) in [4.78, 5) is 23.2. The van der Waals surface area contributed by atoms with Crippen LogP contribution in [-0.2, 0) is 18.3 Å². The number of nitrogens with zero attached hydrogens (tertiary/aromatic N) is 1. The Bertz CT molecular complexity index is 1050. The van der Waals surface area contributed by atoms with Crippen molar-refractivity contribution in [3.05, 3.63) is 64.3 Å². The second kappa shape index (κ2) is 6.76. The first-order valence-corrected chi connectivity index (χ1v) is 7.88. The molecular weight excluding hydrogens is 366 g/mol. The Hall–Kier alpha value is -2.93. The molecule has 1 N–H and O–H groups in total. The van der Waals surface area contributed by atoms with Crippen molar-refractivity contribution in [2.24, 2.45) is 7.05 Å². The van der Waals surface area contributed by atoms with Crippen LogP contribution in [0.5, 0.6) is 0 Å². The summed E-state index contributed by atoms with van der Waals surface area (Å²) in [5.74, 6) is -3.54. The normalized spacial score (nSPS) is 10.9. The maximum atomic E-state index is 14.1. The van der Waals surface area contributed by atoms with Crippen LogP contribution in [0, 0.1) is 11.6 Å². The molecule has 134 valence electrons. The van der Waals surface area contributed by atoms with E-state index in [1.54, 1.807) is 17.7 Å². The van der Waals surface area contributed by atoms with Gasteiger partial charge in [-0.3, -0.25) is 4.79 Å². The minimum absolute atomic E-state index is 0.0447. The van der Waals surface area contributed by atoms with E-state index < -0.39 is 29.9 Å². The van der Waals surface area contributed by atoms with Gasteiger partial charge < -0.3 is 19.8 Å². The number of carbonyl (C=O) groups excluding carboxylic acids is 2. The van der Waals surface area contributed by atoms with E-state index in [2.05, 4.69) is 5.32 Å². The highest BCUT2D eigenvalue weighted by molar-refractivity contribution is 6.34. The first-order valence-electron chi connectivity index (χ1n) is 7.50. The number of fused-ring (bicyclic) bond motifs is 1. The fourth-order valence-corrected chi connectivity index (χ4v) is 2.97. The summed E-state index contributed by atoms with van der Waals surface area (Å²) < 4.78 is 29.7. The van der Waals surface area contributed by atoms with Crippen LogP contribution in [0.15, 0.2) is 36.5 Å². The van der Waals surface area contributed by atoms with Crippen LogP contribution in [0.4, 0.5) is 14.5 Å². The van der Waals surface area contributed by atoms with E-state index in [1.807, 2.05) is 0 Å². The first-order chi connectivity index (χ1) is 12.3. The van der Waals surface area contributed by atoms with Gasteiger partial charge >= 0.3 is 0 Å². The van der Waals surface area contributed by atoms with E-state index in [1.165, 1.54) is 18.3 Å². The van der Waals surface area contributed by atoms with Gasteiger partial charge in [0.2, 0.25) is 0 Å². The number of rotatable bonds is 4. The Morgan fingerprint density at radius 3 is 2.65 bits per heavy atom. The monoisotopic (exact) mass is 377 g/mol. The van der Waals surface area contributed by atoms with Gasteiger partial charge in [0, 0.05) is 31.0 Å². The third-order valence-corrected chi connectivity index (χ3v) is 4.24. The number of carbonyl (C=O) groups is 2. The lowest BCUT2D eigenvalue weighted by molar-refractivity contribution is -0.304. The molecule has 0 aliphatic rings. The molecule has 3 rings (SSSR count). The standard InChI is InChI=1S/C18H13ClF2N2O3/c1-23-8-10(17-12(20)3-2-4-15(17)23)18(26)22-14-7-13(21)9(5-11(14)19)6-16(24)25/h2-5,7-8H,6H2,1H3,(H,22,26)(H,24,25)/p-1. The van der Waals surface area contributed by atoms with Crippen LogP contribution in [0.25, 0.3) is 10.9 Å². The number of carboxylic acids is 1. The fourth-order valence-electron chi connectivity index (χ4n) is 2.74. The lowest BCUT2D eigenvalue weighted by Gasteiger charge is -2.11. The van der Waals surface area contributed by atoms with Gasteiger partial charge in [0.05, 0.1) is 21.8 Å². The summed E-state index contributed by atoms with van der Waals surface area (Å²) in [6, 6.07) is 6.45. The van der Waals surface area contributed by atoms with Gasteiger partial charge in [0.25, 0.3) is 5.91 Å². The van der Waals surface area contributed by atoms with Gasteiger partial charge in [0.1, 0.15) is 11.6 Å². The average Bonchev–Trinajstić information content (AvgIpc) is 2.90. The smallest absolute Gasteiger partial charge is 0.257 e. The number of hydrogen-bond acceptors (Lipinski definition) is 3. The Balaban J connectivity index is 1.96. The number of aryl methyl sites for hydroxylation is 1. The molecule has 0 spiro atoms. The highest BCUT2D eigenvalue weighted by atomic mass is 35.5. The number of halogens is 3. The molecule has 0 radical (unpaired) electrons. The van der Waals surface area contributed by atoms with Gasteiger partial charge in [0.15, 0.2) is 0 Å². The molecule has 0 aliphatic carbocycles. The molecule has 26 heavy (non-hydrogen) atoms. The number of aliphatic carboxylic acids is 1. The largest absolute Gasteiger partial charge is 0.550 e. The third-order valence-electron chi connectivity index (χ3n) is 3.93. The minimum Gasteiger partial charge on any atom is -0.550 e. The minimum atomic E-state index is -1.46. The molecule has 8 heteroatoms. The molecule has 0 fully saturated rings. The van der Waals surface area contributed by atoms with Crippen LogP contribution in [0.1, 0.15) is 15.9 Å².